The molecule has 24 heavy (non-hydrogen) atoms. The SMILES string of the molecule is CCCN(CCC)C(CC)(CCC)CCNCc1ccc(Cl)cc1. The Labute approximate surface area is 155 Å². The molecule has 0 aliphatic heterocycles. The highest BCUT2D eigenvalue weighted by Crippen LogP contribution is 2.30. The molecule has 0 fully saturated rings. The number of nitrogens with one attached hydrogen (secondary N) is 1. The molecule has 0 aliphatic rings. The van der Waals surface area contributed by atoms with E-state index in [1.54, 1.807) is 0 Å². The lowest BCUT2D eigenvalue weighted by Gasteiger charge is -2.44. The summed E-state index contributed by atoms with van der Waals surface area (Å²) in [4.78, 5) is 2.76. The Hall–Kier alpha value is -0.570. The molecule has 0 heterocycles. The summed E-state index contributed by atoms with van der Waals surface area (Å²) in [5.41, 5.74) is 1.66. The van der Waals surface area contributed by atoms with Gasteiger partial charge in [-0.1, -0.05) is 57.8 Å². The van der Waals surface area contributed by atoms with Gasteiger partial charge in [-0.15, -0.1) is 0 Å². The van der Waals surface area contributed by atoms with Crippen LogP contribution in [0.4, 0.5) is 0 Å². The van der Waals surface area contributed by atoms with Crippen molar-refractivity contribution in [1.29, 1.82) is 0 Å². The van der Waals surface area contributed by atoms with Gasteiger partial charge in [0.2, 0.25) is 0 Å². The summed E-state index contributed by atoms with van der Waals surface area (Å²) in [6.45, 7) is 13.7. The van der Waals surface area contributed by atoms with Crippen molar-refractivity contribution in [1.82, 2.24) is 10.2 Å². The Kier molecular flexibility index (Phi) is 10.6. The van der Waals surface area contributed by atoms with Gasteiger partial charge in [0.15, 0.2) is 0 Å². The zero-order chi connectivity index (χ0) is 17.8. The Bertz CT molecular complexity index is 426. The smallest absolute Gasteiger partial charge is 0.0406 e. The lowest BCUT2D eigenvalue weighted by molar-refractivity contribution is 0.0635. The second-order valence-electron chi connectivity index (χ2n) is 6.87. The quantitative estimate of drug-likeness (QED) is 0.445. The first-order valence-corrected chi connectivity index (χ1v) is 10.2. The van der Waals surface area contributed by atoms with E-state index < -0.39 is 0 Å². The number of benzene rings is 1. The Morgan fingerprint density at radius 1 is 0.917 bits per heavy atom. The summed E-state index contributed by atoms with van der Waals surface area (Å²) in [5.74, 6) is 0. The molecule has 0 aromatic heterocycles. The van der Waals surface area contributed by atoms with Crippen LogP contribution in [0, 0.1) is 0 Å². The molecule has 0 aliphatic carbocycles. The van der Waals surface area contributed by atoms with Crippen LogP contribution in [0.1, 0.15) is 71.8 Å². The summed E-state index contributed by atoms with van der Waals surface area (Å²) in [5, 5.41) is 4.45. The summed E-state index contributed by atoms with van der Waals surface area (Å²) in [6, 6.07) is 8.15. The van der Waals surface area contributed by atoms with Gasteiger partial charge in [0, 0.05) is 17.1 Å². The van der Waals surface area contributed by atoms with Crippen LogP contribution in [0.5, 0.6) is 0 Å². The molecule has 1 N–H and O–H groups in total. The first-order chi connectivity index (χ1) is 11.6. The maximum absolute atomic E-state index is 5.95. The fraction of sp³-hybridized carbons (Fsp3) is 0.714. The van der Waals surface area contributed by atoms with Crippen molar-refractivity contribution in [2.24, 2.45) is 0 Å². The molecule has 1 aromatic carbocycles. The zero-order valence-electron chi connectivity index (χ0n) is 16.2. The normalized spacial score (nSPS) is 14.1. The number of hydrogen-bond donors (Lipinski definition) is 1. The molecule has 1 atom stereocenters. The highest BCUT2D eigenvalue weighted by molar-refractivity contribution is 6.30. The molecular weight excluding hydrogens is 316 g/mol. The van der Waals surface area contributed by atoms with Crippen molar-refractivity contribution < 1.29 is 0 Å². The van der Waals surface area contributed by atoms with Crippen molar-refractivity contribution >= 4 is 11.6 Å². The predicted molar refractivity (Wildman–Crippen MR) is 108 cm³/mol. The van der Waals surface area contributed by atoms with Crippen LogP contribution in [-0.4, -0.2) is 30.1 Å². The number of hydrogen-bond acceptors (Lipinski definition) is 2. The number of halogens is 1. The fourth-order valence-electron chi connectivity index (χ4n) is 3.77. The van der Waals surface area contributed by atoms with E-state index in [4.69, 9.17) is 11.6 Å². The zero-order valence-corrected chi connectivity index (χ0v) is 17.0. The van der Waals surface area contributed by atoms with Crippen molar-refractivity contribution in [3.63, 3.8) is 0 Å². The van der Waals surface area contributed by atoms with E-state index in [0.717, 1.165) is 18.1 Å². The first kappa shape index (κ1) is 21.5. The highest BCUT2D eigenvalue weighted by Gasteiger charge is 2.32. The average Bonchev–Trinajstić information content (AvgIpc) is 2.59. The largest absolute Gasteiger partial charge is 0.313 e. The lowest BCUT2D eigenvalue weighted by atomic mass is 9.84. The third-order valence-electron chi connectivity index (χ3n) is 5.04. The molecule has 0 saturated heterocycles. The predicted octanol–water partition coefficient (Wildman–Crippen LogP) is 5.89. The Morgan fingerprint density at radius 3 is 2.04 bits per heavy atom. The average molecular weight is 353 g/mol. The van der Waals surface area contributed by atoms with E-state index in [-0.39, 0.29) is 0 Å². The third-order valence-corrected chi connectivity index (χ3v) is 5.29. The fourth-order valence-corrected chi connectivity index (χ4v) is 3.89. The molecule has 0 bridgehead atoms. The first-order valence-electron chi connectivity index (χ1n) is 9.82. The van der Waals surface area contributed by atoms with Crippen LogP contribution < -0.4 is 5.32 Å². The Balaban J connectivity index is 2.61. The second-order valence-corrected chi connectivity index (χ2v) is 7.30. The third kappa shape index (κ3) is 6.74. The summed E-state index contributed by atoms with van der Waals surface area (Å²) in [7, 11) is 0. The van der Waals surface area contributed by atoms with Crippen LogP contribution in [0.2, 0.25) is 5.02 Å². The van der Waals surface area contributed by atoms with Gasteiger partial charge >= 0.3 is 0 Å². The minimum absolute atomic E-state index is 0.355. The van der Waals surface area contributed by atoms with Gasteiger partial charge in [0.1, 0.15) is 0 Å². The summed E-state index contributed by atoms with van der Waals surface area (Å²) < 4.78 is 0. The monoisotopic (exact) mass is 352 g/mol. The minimum Gasteiger partial charge on any atom is -0.313 e. The summed E-state index contributed by atoms with van der Waals surface area (Å²) in [6.07, 6.45) is 7.50. The number of rotatable bonds is 13. The van der Waals surface area contributed by atoms with Gasteiger partial charge in [-0.25, -0.2) is 0 Å². The molecule has 1 unspecified atom stereocenters. The standard InChI is InChI=1S/C21H37ClN2/c1-5-13-21(8-4,24(16-6-2)17-7-3)14-15-23-18-19-9-11-20(22)12-10-19/h9-12,23H,5-8,13-18H2,1-4H3. The van der Waals surface area contributed by atoms with Crippen molar-refractivity contribution in [2.45, 2.75) is 78.3 Å². The van der Waals surface area contributed by atoms with Gasteiger partial charge < -0.3 is 5.32 Å². The van der Waals surface area contributed by atoms with Crippen LogP contribution in [-0.2, 0) is 6.54 Å². The van der Waals surface area contributed by atoms with Gasteiger partial charge in [-0.05, 0) is 69.4 Å². The van der Waals surface area contributed by atoms with Crippen LogP contribution in [0.25, 0.3) is 0 Å². The van der Waals surface area contributed by atoms with Gasteiger partial charge in [-0.3, -0.25) is 4.90 Å². The molecule has 0 amide bonds. The van der Waals surface area contributed by atoms with Crippen LogP contribution >= 0.6 is 11.6 Å². The van der Waals surface area contributed by atoms with Crippen molar-refractivity contribution in [3.8, 4) is 0 Å². The molecule has 1 aromatic rings. The molecule has 138 valence electrons. The maximum Gasteiger partial charge on any atom is 0.0406 e. The van der Waals surface area contributed by atoms with E-state index in [0.29, 0.717) is 5.54 Å². The van der Waals surface area contributed by atoms with Gasteiger partial charge in [0.05, 0.1) is 0 Å². The second kappa shape index (κ2) is 11.9. The minimum atomic E-state index is 0.355. The van der Waals surface area contributed by atoms with E-state index in [9.17, 15) is 0 Å². The van der Waals surface area contributed by atoms with E-state index in [2.05, 4.69) is 50.0 Å². The van der Waals surface area contributed by atoms with E-state index >= 15 is 0 Å². The summed E-state index contributed by atoms with van der Waals surface area (Å²) >= 11 is 5.95. The molecule has 2 nitrogen and oxygen atoms in total. The molecule has 3 heteroatoms. The van der Waals surface area contributed by atoms with Crippen LogP contribution in [0.15, 0.2) is 24.3 Å². The molecule has 0 radical (unpaired) electrons. The topological polar surface area (TPSA) is 15.3 Å². The number of nitrogens with zero attached hydrogens (tertiary/aromatic N) is 1. The van der Waals surface area contributed by atoms with Gasteiger partial charge in [0.25, 0.3) is 0 Å². The lowest BCUT2D eigenvalue weighted by Crippen LogP contribution is -2.50. The van der Waals surface area contributed by atoms with Gasteiger partial charge in [-0.2, -0.15) is 0 Å². The van der Waals surface area contributed by atoms with E-state index in [1.807, 2.05) is 12.1 Å². The van der Waals surface area contributed by atoms with E-state index in [1.165, 1.54) is 57.2 Å². The van der Waals surface area contributed by atoms with Crippen molar-refractivity contribution in [2.75, 3.05) is 19.6 Å². The molecule has 1 rings (SSSR count). The Morgan fingerprint density at radius 2 is 1.54 bits per heavy atom. The van der Waals surface area contributed by atoms with Crippen LogP contribution in [0.3, 0.4) is 0 Å². The van der Waals surface area contributed by atoms with Crippen molar-refractivity contribution in [3.05, 3.63) is 34.9 Å². The highest BCUT2D eigenvalue weighted by atomic mass is 35.5. The molecule has 0 spiro atoms. The molecule has 0 saturated carbocycles. The maximum atomic E-state index is 5.95. The molecular formula is C21H37ClN2.